The lowest BCUT2D eigenvalue weighted by Crippen LogP contribution is -2.26. The average Bonchev–Trinajstić information content (AvgIpc) is 3.02. The van der Waals surface area contributed by atoms with Crippen LogP contribution in [-0.4, -0.2) is 22.4 Å². The van der Waals surface area contributed by atoms with E-state index in [9.17, 15) is 18.0 Å². The van der Waals surface area contributed by atoms with Gasteiger partial charge >= 0.3 is 6.18 Å². The van der Waals surface area contributed by atoms with Gasteiger partial charge < -0.3 is 9.73 Å². The lowest BCUT2D eigenvalue weighted by atomic mass is 10.1. The molecule has 1 aromatic carbocycles. The molecule has 0 radical (unpaired) electrons. The van der Waals surface area contributed by atoms with Crippen LogP contribution in [0.15, 0.2) is 47.2 Å². The highest BCUT2D eigenvalue weighted by atomic mass is 19.4. The smallest absolute Gasteiger partial charge is 0.433 e. The Kier molecular flexibility index (Phi) is 4.20. The SMILES string of the molecule is O=C(NCCc1nccc(C(F)(F)F)n1)c1ccc2occc2c1. The third kappa shape index (κ3) is 3.53. The van der Waals surface area contributed by atoms with Gasteiger partial charge in [0.2, 0.25) is 0 Å². The number of fused-ring (bicyclic) bond motifs is 1. The monoisotopic (exact) mass is 335 g/mol. The summed E-state index contributed by atoms with van der Waals surface area (Å²) >= 11 is 0. The van der Waals surface area contributed by atoms with Crippen molar-refractivity contribution in [2.45, 2.75) is 12.6 Å². The minimum atomic E-state index is -4.51. The summed E-state index contributed by atoms with van der Waals surface area (Å²) in [6, 6.07) is 7.52. The Morgan fingerprint density at radius 3 is 2.83 bits per heavy atom. The molecule has 0 aliphatic heterocycles. The van der Waals surface area contributed by atoms with E-state index >= 15 is 0 Å². The first-order valence-corrected chi connectivity index (χ1v) is 7.08. The van der Waals surface area contributed by atoms with Gasteiger partial charge in [-0.05, 0) is 30.3 Å². The third-order valence-electron chi connectivity index (χ3n) is 3.34. The fourth-order valence-corrected chi connectivity index (χ4v) is 2.18. The number of rotatable bonds is 4. The van der Waals surface area contributed by atoms with E-state index in [0.29, 0.717) is 11.1 Å². The van der Waals surface area contributed by atoms with Gasteiger partial charge in [-0.15, -0.1) is 0 Å². The van der Waals surface area contributed by atoms with Crippen LogP contribution in [-0.2, 0) is 12.6 Å². The van der Waals surface area contributed by atoms with Gasteiger partial charge in [0.1, 0.15) is 17.1 Å². The number of carbonyl (C=O) groups is 1. The van der Waals surface area contributed by atoms with Gasteiger partial charge in [-0.1, -0.05) is 0 Å². The summed E-state index contributed by atoms with van der Waals surface area (Å²) in [4.78, 5) is 19.3. The van der Waals surface area contributed by atoms with E-state index in [1.807, 2.05) is 0 Å². The fourth-order valence-electron chi connectivity index (χ4n) is 2.18. The molecule has 0 atom stereocenters. The molecule has 0 aliphatic rings. The fraction of sp³-hybridized carbons (Fsp3) is 0.188. The lowest BCUT2D eigenvalue weighted by Gasteiger charge is -2.08. The molecule has 8 heteroatoms. The van der Waals surface area contributed by atoms with Crippen molar-refractivity contribution in [1.29, 1.82) is 0 Å². The number of alkyl halides is 3. The first kappa shape index (κ1) is 16.0. The first-order chi connectivity index (χ1) is 11.4. The number of nitrogens with zero attached hydrogens (tertiary/aromatic N) is 2. The molecule has 124 valence electrons. The molecule has 0 fully saturated rings. The first-order valence-electron chi connectivity index (χ1n) is 7.08. The summed E-state index contributed by atoms with van der Waals surface area (Å²) in [5.41, 5.74) is 0.113. The quantitative estimate of drug-likeness (QED) is 0.795. The molecule has 0 saturated heterocycles. The van der Waals surface area contributed by atoms with Crippen LogP contribution in [0.5, 0.6) is 0 Å². The number of furan rings is 1. The molecule has 5 nitrogen and oxygen atoms in total. The van der Waals surface area contributed by atoms with E-state index in [1.54, 1.807) is 24.3 Å². The van der Waals surface area contributed by atoms with Crippen LogP contribution in [0.4, 0.5) is 13.2 Å². The van der Waals surface area contributed by atoms with Crippen LogP contribution in [0.3, 0.4) is 0 Å². The number of aromatic nitrogens is 2. The Labute approximate surface area is 134 Å². The van der Waals surface area contributed by atoms with Crippen molar-refractivity contribution >= 4 is 16.9 Å². The minimum Gasteiger partial charge on any atom is -0.464 e. The van der Waals surface area contributed by atoms with Gasteiger partial charge in [0.05, 0.1) is 6.26 Å². The van der Waals surface area contributed by atoms with Crippen molar-refractivity contribution in [2.24, 2.45) is 0 Å². The van der Waals surface area contributed by atoms with Gasteiger partial charge in [-0.2, -0.15) is 13.2 Å². The van der Waals surface area contributed by atoms with Crippen LogP contribution in [0.25, 0.3) is 11.0 Å². The lowest BCUT2D eigenvalue weighted by molar-refractivity contribution is -0.141. The number of nitrogens with one attached hydrogen (secondary N) is 1. The zero-order valence-electron chi connectivity index (χ0n) is 12.3. The molecular formula is C16H12F3N3O2. The number of halogens is 3. The minimum absolute atomic E-state index is 0.0235. The summed E-state index contributed by atoms with van der Waals surface area (Å²) < 4.78 is 42.9. The maximum Gasteiger partial charge on any atom is 0.433 e. The van der Waals surface area contributed by atoms with Crippen molar-refractivity contribution in [3.8, 4) is 0 Å². The van der Waals surface area contributed by atoms with Gasteiger partial charge in [0.25, 0.3) is 5.91 Å². The highest BCUT2D eigenvalue weighted by Crippen LogP contribution is 2.26. The number of carbonyl (C=O) groups excluding carboxylic acids is 1. The summed E-state index contributed by atoms with van der Waals surface area (Å²) in [6.07, 6.45) is -1.83. The van der Waals surface area contributed by atoms with Crippen molar-refractivity contribution in [1.82, 2.24) is 15.3 Å². The van der Waals surface area contributed by atoms with E-state index in [0.717, 1.165) is 17.6 Å². The highest BCUT2D eigenvalue weighted by molar-refractivity contribution is 5.97. The van der Waals surface area contributed by atoms with Crippen molar-refractivity contribution in [3.05, 3.63) is 59.9 Å². The highest BCUT2D eigenvalue weighted by Gasteiger charge is 2.32. The van der Waals surface area contributed by atoms with Crippen LogP contribution in [0.1, 0.15) is 21.9 Å². The Morgan fingerprint density at radius 1 is 1.21 bits per heavy atom. The van der Waals surface area contributed by atoms with Gasteiger partial charge in [0.15, 0.2) is 0 Å². The van der Waals surface area contributed by atoms with E-state index < -0.39 is 11.9 Å². The molecule has 3 aromatic rings. The molecular weight excluding hydrogens is 323 g/mol. The summed E-state index contributed by atoms with van der Waals surface area (Å²) in [5.74, 6) is -0.305. The molecule has 0 unspecified atom stereocenters. The molecule has 1 N–H and O–H groups in total. The summed E-state index contributed by atoms with van der Waals surface area (Å²) in [7, 11) is 0. The van der Waals surface area contributed by atoms with Crippen LogP contribution < -0.4 is 5.32 Å². The normalized spacial score (nSPS) is 11.6. The number of hydrogen-bond acceptors (Lipinski definition) is 4. The van der Waals surface area contributed by atoms with Crippen LogP contribution in [0, 0.1) is 0 Å². The molecule has 0 aliphatic carbocycles. The predicted octanol–water partition coefficient (Wildman–Crippen LogP) is 3.21. The topological polar surface area (TPSA) is 68.0 Å². The molecule has 24 heavy (non-hydrogen) atoms. The summed E-state index contributed by atoms with van der Waals surface area (Å²) in [6.45, 7) is 0.129. The van der Waals surface area contributed by atoms with Crippen LogP contribution in [0.2, 0.25) is 0 Å². The van der Waals surface area contributed by atoms with Gasteiger partial charge in [-0.3, -0.25) is 4.79 Å². The van der Waals surface area contributed by atoms with Crippen molar-refractivity contribution in [3.63, 3.8) is 0 Å². The largest absolute Gasteiger partial charge is 0.464 e. The number of hydrogen-bond donors (Lipinski definition) is 1. The van der Waals surface area contributed by atoms with Crippen molar-refractivity contribution in [2.75, 3.05) is 6.54 Å². The Balaban J connectivity index is 1.60. The molecule has 0 saturated carbocycles. The molecule has 2 aromatic heterocycles. The van der Waals surface area contributed by atoms with Crippen LogP contribution >= 0.6 is 0 Å². The second kappa shape index (κ2) is 6.31. The molecule has 3 rings (SSSR count). The third-order valence-corrected chi connectivity index (χ3v) is 3.34. The molecule has 0 bridgehead atoms. The Bertz CT molecular complexity index is 874. The second-order valence-corrected chi connectivity index (χ2v) is 5.03. The number of amides is 1. The molecule has 0 spiro atoms. The van der Waals surface area contributed by atoms with E-state index in [2.05, 4.69) is 15.3 Å². The Morgan fingerprint density at radius 2 is 2.04 bits per heavy atom. The summed E-state index contributed by atoms with van der Waals surface area (Å²) in [5, 5.41) is 3.43. The zero-order chi connectivity index (χ0) is 17.2. The second-order valence-electron chi connectivity index (χ2n) is 5.03. The maximum atomic E-state index is 12.6. The van der Waals surface area contributed by atoms with Gasteiger partial charge in [-0.25, -0.2) is 9.97 Å². The molecule has 2 heterocycles. The van der Waals surface area contributed by atoms with E-state index in [4.69, 9.17) is 4.42 Å². The maximum absolute atomic E-state index is 12.6. The van der Waals surface area contributed by atoms with E-state index in [-0.39, 0.29) is 24.7 Å². The van der Waals surface area contributed by atoms with E-state index in [1.165, 1.54) is 6.26 Å². The van der Waals surface area contributed by atoms with Crippen molar-refractivity contribution < 1.29 is 22.4 Å². The standard InChI is InChI=1S/C16H12F3N3O2/c17-16(18,19)13-3-6-20-14(22-13)4-7-21-15(23)11-1-2-12-10(9-11)5-8-24-12/h1-3,5-6,8-9H,4,7H2,(H,21,23). The zero-order valence-corrected chi connectivity index (χ0v) is 12.3. The Hall–Kier alpha value is -2.90. The molecule has 1 amide bonds. The average molecular weight is 335 g/mol. The van der Waals surface area contributed by atoms with Gasteiger partial charge in [0, 0.05) is 30.1 Å². The number of benzene rings is 1. The predicted molar refractivity (Wildman–Crippen MR) is 79.3 cm³/mol.